The quantitative estimate of drug-likeness (QED) is 0.900. The average Bonchev–Trinajstić information content (AvgIpc) is 2.78. The van der Waals surface area contributed by atoms with Gasteiger partial charge in [0.25, 0.3) is 0 Å². The van der Waals surface area contributed by atoms with Crippen LogP contribution in [0.3, 0.4) is 0 Å². The van der Waals surface area contributed by atoms with Gasteiger partial charge in [-0.15, -0.1) is 5.10 Å². The molecule has 2 aromatic carbocycles. The fourth-order valence-corrected chi connectivity index (χ4v) is 3.16. The second-order valence-electron chi connectivity index (χ2n) is 5.78. The lowest BCUT2D eigenvalue weighted by molar-refractivity contribution is 0.625. The molecule has 0 amide bonds. The topological polar surface area (TPSA) is 66.3 Å². The van der Waals surface area contributed by atoms with Crippen LogP contribution in [0.1, 0.15) is 11.1 Å². The third-order valence-corrected chi connectivity index (χ3v) is 4.44. The van der Waals surface area contributed by atoms with Crippen molar-refractivity contribution in [2.24, 2.45) is 20.9 Å². The molecule has 0 atom stereocenters. The van der Waals surface area contributed by atoms with Gasteiger partial charge in [-0.05, 0) is 30.3 Å². The molecular weight excluding hydrogens is 341 g/mol. The van der Waals surface area contributed by atoms with Crippen molar-refractivity contribution in [2.75, 3.05) is 24.5 Å². The molecule has 0 saturated heterocycles. The van der Waals surface area contributed by atoms with Crippen LogP contribution in [0.25, 0.3) is 0 Å². The fraction of sp³-hybridized carbons (Fsp3) is 0.167. The summed E-state index contributed by atoms with van der Waals surface area (Å²) in [5.74, 6) is 0.375. The minimum atomic E-state index is -0.326. The smallest absolute Gasteiger partial charge is 0.154 e. The van der Waals surface area contributed by atoms with Crippen LogP contribution in [0.15, 0.2) is 57.7 Å². The molecule has 25 heavy (non-hydrogen) atoms. The number of hydrogen-bond acceptors (Lipinski definition) is 5. The van der Waals surface area contributed by atoms with E-state index in [-0.39, 0.29) is 5.82 Å². The van der Waals surface area contributed by atoms with Gasteiger partial charge >= 0.3 is 0 Å². The van der Waals surface area contributed by atoms with Gasteiger partial charge in [0.1, 0.15) is 5.82 Å². The van der Waals surface area contributed by atoms with Crippen molar-refractivity contribution in [1.82, 2.24) is 0 Å². The first-order valence-corrected chi connectivity index (χ1v) is 8.24. The van der Waals surface area contributed by atoms with Gasteiger partial charge in [-0.3, -0.25) is 4.99 Å². The Morgan fingerprint density at radius 2 is 1.96 bits per heavy atom. The summed E-state index contributed by atoms with van der Waals surface area (Å²) >= 11 is 6.21. The fourth-order valence-electron chi connectivity index (χ4n) is 2.99. The Kier molecular flexibility index (Phi) is 4.07. The molecule has 0 aromatic heterocycles. The maximum atomic E-state index is 14.4. The van der Waals surface area contributed by atoms with Crippen molar-refractivity contribution >= 4 is 34.5 Å². The van der Waals surface area contributed by atoms with Crippen LogP contribution in [0, 0.1) is 5.82 Å². The summed E-state index contributed by atoms with van der Waals surface area (Å²) in [4.78, 5) is 6.63. The number of rotatable bonds is 2. The number of aliphatic imine (C=N–C) groups is 1. The summed E-state index contributed by atoms with van der Waals surface area (Å²) in [6.45, 7) is 1.17. The highest BCUT2D eigenvalue weighted by Crippen LogP contribution is 2.31. The van der Waals surface area contributed by atoms with Crippen molar-refractivity contribution < 1.29 is 4.39 Å². The zero-order valence-corrected chi connectivity index (χ0v) is 14.0. The third-order valence-electron chi connectivity index (χ3n) is 4.21. The number of amidine groups is 1. The summed E-state index contributed by atoms with van der Waals surface area (Å²) in [6.07, 6.45) is 0. The van der Waals surface area contributed by atoms with Crippen LogP contribution < -0.4 is 10.6 Å². The van der Waals surface area contributed by atoms with Crippen molar-refractivity contribution in [3.05, 3.63) is 64.4 Å². The van der Waals surface area contributed by atoms with Gasteiger partial charge in [-0.25, -0.2) is 4.39 Å². The highest BCUT2D eigenvalue weighted by Gasteiger charge is 2.27. The molecular formula is C18H15ClFN5. The van der Waals surface area contributed by atoms with Crippen LogP contribution in [0.4, 0.5) is 10.1 Å². The van der Waals surface area contributed by atoms with Gasteiger partial charge in [0.2, 0.25) is 0 Å². The summed E-state index contributed by atoms with van der Waals surface area (Å²) < 4.78 is 14.4. The summed E-state index contributed by atoms with van der Waals surface area (Å²) in [7, 11) is 0. The van der Waals surface area contributed by atoms with E-state index in [0.717, 1.165) is 17.0 Å². The Labute approximate surface area is 149 Å². The first-order valence-electron chi connectivity index (χ1n) is 7.86. The zero-order chi connectivity index (χ0) is 17.4. The molecule has 4 rings (SSSR count). The Balaban J connectivity index is 1.91. The van der Waals surface area contributed by atoms with Gasteiger partial charge in [-0.2, -0.15) is 5.10 Å². The number of anilines is 1. The SMILES string of the molecule is NCC1=NN=C2CN=C(c3ccccc3F)c3cc(Cl)ccc3N2C1. The number of nitrogens with two attached hydrogens (primary N) is 1. The molecule has 126 valence electrons. The van der Waals surface area contributed by atoms with Gasteiger partial charge in [-0.1, -0.05) is 23.7 Å². The van der Waals surface area contributed by atoms with Crippen molar-refractivity contribution in [3.63, 3.8) is 0 Å². The van der Waals surface area contributed by atoms with Gasteiger partial charge in [0.15, 0.2) is 5.84 Å². The lowest BCUT2D eigenvalue weighted by Gasteiger charge is -2.28. The van der Waals surface area contributed by atoms with E-state index < -0.39 is 0 Å². The molecule has 2 aliphatic heterocycles. The first-order chi connectivity index (χ1) is 12.2. The predicted octanol–water partition coefficient (Wildman–Crippen LogP) is 2.86. The molecule has 0 aliphatic carbocycles. The first kappa shape index (κ1) is 15.9. The maximum Gasteiger partial charge on any atom is 0.154 e. The molecule has 7 heteroatoms. The van der Waals surface area contributed by atoms with Gasteiger partial charge in [0, 0.05) is 22.7 Å². The Bertz CT molecular complexity index is 935. The number of nitrogens with zero attached hydrogens (tertiary/aromatic N) is 4. The molecule has 2 N–H and O–H groups in total. The molecule has 0 spiro atoms. The lowest BCUT2D eigenvalue weighted by Crippen LogP contribution is -2.41. The molecule has 0 unspecified atom stereocenters. The second-order valence-corrected chi connectivity index (χ2v) is 6.22. The largest absolute Gasteiger partial charge is 0.325 e. The van der Waals surface area contributed by atoms with E-state index in [9.17, 15) is 4.39 Å². The van der Waals surface area contributed by atoms with Crippen LogP contribution in [-0.4, -0.2) is 36.9 Å². The molecule has 0 bridgehead atoms. The summed E-state index contributed by atoms with van der Waals surface area (Å²) in [5.41, 5.74) is 9.12. The molecule has 0 fully saturated rings. The van der Waals surface area contributed by atoms with Crippen LogP contribution in [-0.2, 0) is 0 Å². The number of fused-ring (bicyclic) bond motifs is 3. The van der Waals surface area contributed by atoms with E-state index >= 15 is 0 Å². The number of hydrogen-bond donors (Lipinski definition) is 1. The zero-order valence-electron chi connectivity index (χ0n) is 13.3. The molecule has 0 radical (unpaired) electrons. The molecule has 2 aliphatic rings. The normalized spacial score (nSPS) is 16.3. The minimum Gasteiger partial charge on any atom is -0.325 e. The van der Waals surface area contributed by atoms with Gasteiger partial charge in [0.05, 0.1) is 30.2 Å². The summed E-state index contributed by atoms with van der Waals surface area (Å²) in [5, 5.41) is 8.96. The average molecular weight is 356 g/mol. The minimum absolute atomic E-state index is 0.303. The molecule has 0 saturated carbocycles. The Hall–Kier alpha value is -2.57. The predicted molar refractivity (Wildman–Crippen MR) is 99.6 cm³/mol. The standard InChI is InChI=1S/C18H15ClFN5/c19-11-5-6-16-14(7-11)18(13-3-1-2-4-15(13)20)22-9-17-24-23-12(8-21)10-25(16)17/h1-7H,8-10,21H2. The number of benzene rings is 2. The third kappa shape index (κ3) is 2.83. The summed E-state index contributed by atoms with van der Waals surface area (Å²) in [6, 6.07) is 12.1. The maximum absolute atomic E-state index is 14.4. The van der Waals surface area contributed by atoms with Gasteiger partial charge < -0.3 is 10.6 Å². The number of halogens is 2. The van der Waals surface area contributed by atoms with Crippen LogP contribution in [0.5, 0.6) is 0 Å². The molecule has 2 heterocycles. The Morgan fingerprint density at radius 1 is 1.12 bits per heavy atom. The molecule has 2 aromatic rings. The monoisotopic (exact) mass is 355 g/mol. The van der Waals surface area contributed by atoms with E-state index in [1.54, 1.807) is 30.3 Å². The van der Waals surface area contributed by atoms with Crippen molar-refractivity contribution in [3.8, 4) is 0 Å². The van der Waals surface area contributed by atoms with E-state index in [4.69, 9.17) is 17.3 Å². The highest BCUT2D eigenvalue weighted by atomic mass is 35.5. The lowest BCUT2D eigenvalue weighted by atomic mass is 9.99. The highest BCUT2D eigenvalue weighted by molar-refractivity contribution is 6.32. The van der Waals surface area contributed by atoms with E-state index in [0.29, 0.717) is 41.8 Å². The van der Waals surface area contributed by atoms with Crippen molar-refractivity contribution in [1.29, 1.82) is 0 Å². The van der Waals surface area contributed by atoms with E-state index in [1.807, 2.05) is 11.0 Å². The van der Waals surface area contributed by atoms with Crippen molar-refractivity contribution in [2.45, 2.75) is 0 Å². The van der Waals surface area contributed by atoms with E-state index in [2.05, 4.69) is 15.2 Å². The van der Waals surface area contributed by atoms with E-state index in [1.165, 1.54) is 6.07 Å². The van der Waals surface area contributed by atoms with Crippen LogP contribution >= 0.6 is 11.6 Å². The molecule has 5 nitrogen and oxygen atoms in total. The Morgan fingerprint density at radius 3 is 2.76 bits per heavy atom. The van der Waals surface area contributed by atoms with Crippen LogP contribution in [0.2, 0.25) is 5.02 Å². The second kappa shape index (κ2) is 6.38.